The molecule has 0 saturated heterocycles. The van der Waals surface area contributed by atoms with Crippen LogP contribution in [0.15, 0.2) is 59.6 Å². The summed E-state index contributed by atoms with van der Waals surface area (Å²) in [5.41, 5.74) is 1.97. The molecule has 0 aliphatic carbocycles. The fraction of sp³-hybridized carbons (Fsp3) is 0. The first-order valence-electron chi connectivity index (χ1n) is 5.95. The average molecular weight is 321 g/mol. The monoisotopic (exact) mass is 320 g/mol. The number of pyridine rings is 1. The predicted octanol–water partition coefficient (Wildman–Crippen LogP) is 5.66. The second-order valence-corrected chi connectivity index (χ2v) is 5.94. The van der Waals surface area contributed by atoms with Crippen LogP contribution in [0.2, 0.25) is 10.0 Å². The molecule has 100 valence electrons. The SMILES string of the molecule is Clc1cc(Cl)cc(SNc2cccc3ncccc23)c1. The van der Waals surface area contributed by atoms with Gasteiger partial charge >= 0.3 is 0 Å². The third kappa shape index (κ3) is 3.01. The molecule has 0 unspecified atom stereocenters. The van der Waals surface area contributed by atoms with Crippen molar-refractivity contribution in [2.45, 2.75) is 4.90 Å². The lowest BCUT2D eigenvalue weighted by atomic mass is 10.2. The van der Waals surface area contributed by atoms with Gasteiger partial charge in [-0.15, -0.1) is 0 Å². The van der Waals surface area contributed by atoms with E-state index in [1.807, 2.05) is 42.5 Å². The van der Waals surface area contributed by atoms with Crippen molar-refractivity contribution < 1.29 is 0 Å². The summed E-state index contributed by atoms with van der Waals surface area (Å²) in [6.07, 6.45) is 1.79. The van der Waals surface area contributed by atoms with E-state index in [0.717, 1.165) is 21.5 Å². The van der Waals surface area contributed by atoms with Crippen molar-refractivity contribution in [1.29, 1.82) is 0 Å². The van der Waals surface area contributed by atoms with Crippen LogP contribution >= 0.6 is 35.1 Å². The molecule has 0 fully saturated rings. The Hall–Kier alpha value is -1.42. The molecule has 1 heterocycles. The molecule has 0 aliphatic rings. The lowest BCUT2D eigenvalue weighted by Crippen LogP contribution is -1.89. The summed E-state index contributed by atoms with van der Waals surface area (Å²) < 4.78 is 3.32. The van der Waals surface area contributed by atoms with E-state index in [-0.39, 0.29) is 0 Å². The molecule has 20 heavy (non-hydrogen) atoms. The van der Waals surface area contributed by atoms with Gasteiger partial charge in [-0.05, 0) is 54.4 Å². The lowest BCUT2D eigenvalue weighted by molar-refractivity contribution is 1.41. The van der Waals surface area contributed by atoms with Gasteiger partial charge in [0.1, 0.15) is 0 Å². The number of rotatable bonds is 3. The molecule has 0 amide bonds. The highest BCUT2D eigenvalue weighted by molar-refractivity contribution is 8.00. The zero-order valence-electron chi connectivity index (χ0n) is 10.3. The lowest BCUT2D eigenvalue weighted by Gasteiger charge is -2.09. The number of anilines is 1. The van der Waals surface area contributed by atoms with Gasteiger partial charge in [-0.2, -0.15) is 0 Å². The van der Waals surface area contributed by atoms with Crippen molar-refractivity contribution in [3.05, 3.63) is 64.8 Å². The molecule has 2 nitrogen and oxygen atoms in total. The molecule has 0 radical (unpaired) electrons. The van der Waals surface area contributed by atoms with Crippen LogP contribution in [0.4, 0.5) is 5.69 Å². The van der Waals surface area contributed by atoms with Crippen LogP contribution in [0.1, 0.15) is 0 Å². The van der Waals surface area contributed by atoms with Crippen LogP contribution in [0.25, 0.3) is 10.9 Å². The van der Waals surface area contributed by atoms with Crippen molar-refractivity contribution in [1.82, 2.24) is 4.98 Å². The first kappa shape index (κ1) is 13.6. The summed E-state index contributed by atoms with van der Waals surface area (Å²) >= 11 is 13.5. The van der Waals surface area contributed by atoms with Crippen LogP contribution in [-0.2, 0) is 0 Å². The Kier molecular flexibility index (Phi) is 4.01. The van der Waals surface area contributed by atoms with Crippen LogP contribution in [0.5, 0.6) is 0 Å². The maximum atomic E-state index is 5.99. The number of nitrogens with zero attached hydrogens (tertiary/aromatic N) is 1. The Balaban J connectivity index is 1.87. The van der Waals surface area contributed by atoms with Crippen molar-refractivity contribution in [3.8, 4) is 0 Å². The van der Waals surface area contributed by atoms with E-state index in [1.54, 1.807) is 12.3 Å². The second kappa shape index (κ2) is 5.92. The van der Waals surface area contributed by atoms with Crippen LogP contribution in [0, 0.1) is 0 Å². The summed E-state index contributed by atoms with van der Waals surface area (Å²) in [4.78, 5) is 5.30. The van der Waals surface area contributed by atoms with Gasteiger partial charge in [0.2, 0.25) is 0 Å². The Morgan fingerprint density at radius 2 is 1.75 bits per heavy atom. The van der Waals surface area contributed by atoms with E-state index < -0.39 is 0 Å². The predicted molar refractivity (Wildman–Crippen MR) is 87.7 cm³/mol. The molecule has 0 aliphatic heterocycles. The minimum atomic E-state index is 0.626. The number of aromatic nitrogens is 1. The number of fused-ring (bicyclic) bond motifs is 1. The second-order valence-electron chi connectivity index (χ2n) is 4.18. The van der Waals surface area contributed by atoms with Gasteiger partial charge in [-0.25, -0.2) is 0 Å². The maximum absolute atomic E-state index is 5.99. The van der Waals surface area contributed by atoms with E-state index in [9.17, 15) is 0 Å². The number of hydrogen-bond donors (Lipinski definition) is 1. The highest BCUT2D eigenvalue weighted by atomic mass is 35.5. The molecular weight excluding hydrogens is 311 g/mol. The van der Waals surface area contributed by atoms with E-state index in [4.69, 9.17) is 23.2 Å². The summed E-state index contributed by atoms with van der Waals surface area (Å²) in [7, 11) is 0. The number of hydrogen-bond acceptors (Lipinski definition) is 3. The van der Waals surface area contributed by atoms with Gasteiger partial charge in [-0.3, -0.25) is 4.98 Å². The first-order chi connectivity index (χ1) is 9.72. The Morgan fingerprint density at radius 3 is 2.55 bits per heavy atom. The van der Waals surface area contributed by atoms with Crippen LogP contribution in [0.3, 0.4) is 0 Å². The number of benzene rings is 2. The molecule has 2 aromatic carbocycles. The highest BCUT2D eigenvalue weighted by Gasteiger charge is 2.03. The van der Waals surface area contributed by atoms with E-state index in [2.05, 4.69) is 9.71 Å². The molecule has 0 spiro atoms. The summed E-state index contributed by atoms with van der Waals surface area (Å²) in [5, 5.41) is 2.33. The van der Waals surface area contributed by atoms with E-state index >= 15 is 0 Å². The van der Waals surface area contributed by atoms with Gasteiger partial charge in [-0.1, -0.05) is 29.3 Å². The fourth-order valence-electron chi connectivity index (χ4n) is 1.89. The number of halogens is 2. The third-order valence-corrected chi connectivity index (χ3v) is 3.99. The molecular formula is C15H10Cl2N2S. The Bertz CT molecular complexity index is 736. The molecule has 0 saturated carbocycles. The summed E-state index contributed by atoms with van der Waals surface area (Å²) in [6.45, 7) is 0. The molecule has 0 bridgehead atoms. The van der Waals surface area contributed by atoms with Crippen LogP contribution in [-0.4, -0.2) is 4.98 Å². The molecule has 0 atom stereocenters. The summed E-state index contributed by atoms with van der Waals surface area (Å²) in [6, 6.07) is 15.4. The molecule has 3 rings (SSSR count). The zero-order chi connectivity index (χ0) is 13.9. The highest BCUT2D eigenvalue weighted by Crippen LogP contribution is 2.30. The fourth-order valence-corrected chi connectivity index (χ4v) is 3.33. The normalized spacial score (nSPS) is 10.7. The van der Waals surface area contributed by atoms with Gasteiger partial charge in [0.25, 0.3) is 0 Å². The minimum absolute atomic E-state index is 0.626. The van der Waals surface area contributed by atoms with E-state index in [0.29, 0.717) is 10.0 Å². The summed E-state index contributed by atoms with van der Waals surface area (Å²) in [5.74, 6) is 0. The minimum Gasteiger partial charge on any atom is -0.325 e. The van der Waals surface area contributed by atoms with Gasteiger partial charge in [0.15, 0.2) is 0 Å². The van der Waals surface area contributed by atoms with Crippen molar-refractivity contribution in [2.75, 3.05) is 4.72 Å². The average Bonchev–Trinajstić information content (AvgIpc) is 2.44. The van der Waals surface area contributed by atoms with Crippen molar-refractivity contribution in [2.24, 2.45) is 0 Å². The topological polar surface area (TPSA) is 24.9 Å². The molecule has 5 heteroatoms. The molecule has 1 aromatic heterocycles. The molecule has 3 aromatic rings. The quantitative estimate of drug-likeness (QED) is 0.630. The Labute approximate surface area is 131 Å². The Morgan fingerprint density at radius 1 is 0.950 bits per heavy atom. The largest absolute Gasteiger partial charge is 0.325 e. The van der Waals surface area contributed by atoms with Crippen molar-refractivity contribution >= 4 is 51.7 Å². The van der Waals surface area contributed by atoms with Gasteiger partial charge in [0, 0.05) is 26.5 Å². The van der Waals surface area contributed by atoms with Gasteiger partial charge in [0.05, 0.1) is 11.2 Å². The van der Waals surface area contributed by atoms with Gasteiger partial charge < -0.3 is 4.72 Å². The number of nitrogens with one attached hydrogen (secondary N) is 1. The smallest absolute Gasteiger partial charge is 0.0723 e. The molecule has 1 N–H and O–H groups in total. The third-order valence-electron chi connectivity index (χ3n) is 2.76. The van der Waals surface area contributed by atoms with Crippen molar-refractivity contribution in [3.63, 3.8) is 0 Å². The zero-order valence-corrected chi connectivity index (χ0v) is 12.6. The maximum Gasteiger partial charge on any atom is 0.0723 e. The van der Waals surface area contributed by atoms with E-state index in [1.165, 1.54) is 11.9 Å². The van der Waals surface area contributed by atoms with Crippen LogP contribution < -0.4 is 4.72 Å². The standard InChI is InChI=1S/C15H10Cl2N2S/c16-10-7-11(17)9-12(8-10)20-19-15-5-1-4-14-13(15)3-2-6-18-14/h1-9,19H. The first-order valence-corrected chi connectivity index (χ1v) is 7.52.